The molecule has 0 radical (unpaired) electrons. The summed E-state index contributed by atoms with van der Waals surface area (Å²) in [7, 11) is 0. The van der Waals surface area contributed by atoms with Gasteiger partial charge in [-0.3, -0.25) is 0 Å². The number of hydrogen-bond donors (Lipinski definition) is 1. The van der Waals surface area contributed by atoms with Crippen LogP contribution in [0, 0.1) is 11.5 Å². The van der Waals surface area contributed by atoms with E-state index < -0.39 is 0 Å². The van der Waals surface area contributed by atoms with Gasteiger partial charge < -0.3 is 5.73 Å². The zero-order valence-electron chi connectivity index (χ0n) is 1.52. The van der Waals surface area contributed by atoms with Crippen LogP contribution in [0.5, 0.6) is 0 Å². The summed E-state index contributed by atoms with van der Waals surface area (Å²) in [5.74, 6) is 0. The molecular weight excluding hydrogens is 52.0 g/mol. The van der Waals surface area contributed by atoms with E-state index in [0.29, 0.717) is 0 Å². The Morgan fingerprint density at radius 3 is 1.75 bits per heavy atom. The Kier molecular flexibility index (Phi) is 117. The summed E-state index contributed by atoms with van der Waals surface area (Å²) >= 11 is 0. The van der Waals surface area contributed by atoms with E-state index in [1.165, 1.54) is 6.19 Å². The largest absolute Gasteiger partial charge is 0.337 e. The van der Waals surface area contributed by atoms with E-state index in [4.69, 9.17) is 5.26 Å². The minimum Gasteiger partial charge on any atom is -0.337 e. The fraction of sp³-hybridized carbons (Fsp3) is 0.500. The number of nitrogens with two attached hydrogens (primary N) is 1. The molecule has 0 atom stereocenters. The molecule has 0 aliphatic heterocycles. The molecule has 24 valence electrons. The van der Waals surface area contributed by atoms with Gasteiger partial charge in [-0.05, 0) is 0 Å². The van der Waals surface area contributed by atoms with Crippen LogP contribution in [-0.2, 0) is 0 Å². The van der Waals surface area contributed by atoms with Crippen LogP contribution in [-0.4, -0.2) is 0 Å². The number of nitriles is 1. The summed E-state index contributed by atoms with van der Waals surface area (Å²) in [5.41, 5.74) is 4.15. The number of rotatable bonds is 0. The molecule has 0 aliphatic carbocycles. The number of nitrogens with zero attached hydrogens (tertiary/aromatic N) is 1. The Bertz CT molecular complexity index is 25.5. The van der Waals surface area contributed by atoms with Crippen LogP contribution in [0.15, 0.2) is 0 Å². The van der Waals surface area contributed by atoms with Crippen LogP contribution in [0.3, 0.4) is 0 Å². The molecule has 4 heavy (non-hydrogen) atoms. The van der Waals surface area contributed by atoms with Gasteiger partial charge in [-0.2, -0.15) is 5.26 Å². The minimum absolute atomic E-state index is 0. The first-order valence-electron chi connectivity index (χ1n) is 0.512. The van der Waals surface area contributed by atoms with Gasteiger partial charge in [0, 0.05) is 0 Å². The van der Waals surface area contributed by atoms with Gasteiger partial charge in [-0.25, -0.2) is 0 Å². The Balaban J connectivity index is 0. The van der Waals surface area contributed by atoms with E-state index in [-0.39, 0.29) is 7.43 Å². The molecule has 0 fully saturated rings. The second-order valence-electron chi connectivity index (χ2n) is 0.129. The lowest BCUT2D eigenvalue weighted by atomic mass is 11.5. The molecule has 0 unspecified atom stereocenters. The Labute approximate surface area is 25.8 Å². The maximum absolute atomic E-state index is 7.10. The van der Waals surface area contributed by atoms with E-state index in [2.05, 4.69) is 5.73 Å². The molecule has 2 nitrogen and oxygen atoms in total. The average molecular weight is 58.1 g/mol. The van der Waals surface area contributed by atoms with Crippen LogP contribution in [0.2, 0.25) is 0 Å². The first kappa shape index (κ1) is 10.4. The van der Waals surface area contributed by atoms with E-state index >= 15 is 0 Å². The molecule has 0 heterocycles. The summed E-state index contributed by atoms with van der Waals surface area (Å²) in [6.07, 6.45) is 1.25. The molecule has 0 aromatic heterocycles. The monoisotopic (exact) mass is 58.1 g/mol. The van der Waals surface area contributed by atoms with Gasteiger partial charge in [-0.1, -0.05) is 7.43 Å². The molecule has 0 rings (SSSR count). The van der Waals surface area contributed by atoms with Crippen molar-refractivity contribution in [3.05, 3.63) is 0 Å². The molecule has 0 aliphatic rings. The molecule has 2 N–H and O–H groups in total. The molecule has 2 heteroatoms. The normalized spacial score (nSPS) is 1.75. The smallest absolute Gasteiger partial charge is 0.173 e. The van der Waals surface area contributed by atoms with Gasteiger partial charge in [-0.15, -0.1) is 0 Å². The third-order valence-electron chi connectivity index (χ3n) is 0. The molecule has 0 saturated carbocycles. The fourth-order valence-electron chi connectivity index (χ4n) is 0. The maximum atomic E-state index is 7.10. The quantitative estimate of drug-likeness (QED) is 0.316. The van der Waals surface area contributed by atoms with Crippen molar-refractivity contribution < 1.29 is 0 Å². The van der Waals surface area contributed by atoms with Gasteiger partial charge >= 0.3 is 0 Å². The molecule has 0 saturated heterocycles. The molecule has 0 aromatic carbocycles. The third-order valence-corrected chi connectivity index (χ3v) is 0. The third kappa shape index (κ3) is 0.215. The average Bonchev–Trinajstić information content (AvgIpc) is 0.918. The standard InChI is InChI=1S/CH2N2.CH4/c2-1-3;/h2H2;1H4. The summed E-state index contributed by atoms with van der Waals surface area (Å²) in [4.78, 5) is 0. The van der Waals surface area contributed by atoms with Crippen molar-refractivity contribution in [2.24, 2.45) is 5.73 Å². The van der Waals surface area contributed by atoms with Crippen molar-refractivity contribution in [2.45, 2.75) is 7.43 Å². The lowest BCUT2D eigenvalue weighted by Crippen LogP contribution is -1.69. The van der Waals surface area contributed by atoms with Crippen molar-refractivity contribution in [2.75, 3.05) is 0 Å². The number of hydrogen-bond acceptors (Lipinski definition) is 2. The first-order chi connectivity index (χ1) is 1.41. The van der Waals surface area contributed by atoms with Crippen molar-refractivity contribution in [3.8, 4) is 6.19 Å². The van der Waals surface area contributed by atoms with Crippen LogP contribution >= 0.6 is 0 Å². The molecule has 0 bridgehead atoms. The van der Waals surface area contributed by atoms with Gasteiger partial charge in [0.2, 0.25) is 0 Å². The van der Waals surface area contributed by atoms with Crippen LogP contribution in [0.4, 0.5) is 0 Å². The van der Waals surface area contributed by atoms with Crippen LogP contribution < -0.4 is 5.73 Å². The van der Waals surface area contributed by atoms with Crippen molar-refractivity contribution in [1.82, 2.24) is 0 Å². The van der Waals surface area contributed by atoms with Crippen LogP contribution in [0.1, 0.15) is 7.43 Å². The van der Waals surface area contributed by atoms with Crippen molar-refractivity contribution in [1.29, 1.82) is 5.26 Å². The molecule has 0 amide bonds. The topological polar surface area (TPSA) is 49.8 Å². The lowest BCUT2D eigenvalue weighted by Gasteiger charge is -1.24. The van der Waals surface area contributed by atoms with E-state index in [1.807, 2.05) is 0 Å². The second-order valence-corrected chi connectivity index (χ2v) is 0.129. The predicted octanol–water partition coefficient (Wildman–Crippen LogP) is 0.0623. The fourth-order valence-corrected chi connectivity index (χ4v) is 0. The minimum atomic E-state index is 0. The van der Waals surface area contributed by atoms with E-state index in [9.17, 15) is 0 Å². The lowest BCUT2D eigenvalue weighted by molar-refractivity contribution is 1.45. The highest BCUT2D eigenvalue weighted by atomic mass is 14.5. The zero-order chi connectivity index (χ0) is 2.71. The Hall–Kier alpha value is -0.710. The van der Waals surface area contributed by atoms with Gasteiger partial charge in [0.25, 0.3) is 0 Å². The van der Waals surface area contributed by atoms with Gasteiger partial charge in [0.15, 0.2) is 6.19 Å². The predicted molar refractivity (Wildman–Crippen MR) is 16.5 cm³/mol. The second kappa shape index (κ2) is 45.3. The zero-order valence-corrected chi connectivity index (χ0v) is 1.52. The van der Waals surface area contributed by atoms with E-state index in [1.54, 1.807) is 0 Å². The Morgan fingerprint density at radius 2 is 1.75 bits per heavy atom. The SMILES string of the molecule is C.N#CN. The molecule has 0 spiro atoms. The molecular formula is C2H6N2. The summed E-state index contributed by atoms with van der Waals surface area (Å²) < 4.78 is 0. The maximum Gasteiger partial charge on any atom is 0.173 e. The van der Waals surface area contributed by atoms with Crippen molar-refractivity contribution >= 4 is 0 Å². The van der Waals surface area contributed by atoms with Gasteiger partial charge in [0.1, 0.15) is 0 Å². The summed E-state index contributed by atoms with van der Waals surface area (Å²) in [5, 5.41) is 7.10. The first-order valence-corrected chi connectivity index (χ1v) is 0.512. The summed E-state index contributed by atoms with van der Waals surface area (Å²) in [6.45, 7) is 0. The highest BCUT2D eigenvalue weighted by Gasteiger charge is 1.12. The Morgan fingerprint density at radius 1 is 1.75 bits per heavy atom. The van der Waals surface area contributed by atoms with Crippen molar-refractivity contribution in [3.63, 3.8) is 0 Å². The highest BCUT2D eigenvalue weighted by molar-refractivity contribution is 4.46. The summed E-state index contributed by atoms with van der Waals surface area (Å²) in [6, 6.07) is 0. The molecule has 0 aromatic rings. The highest BCUT2D eigenvalue weighted by Crippen LogP contribution is 0.900. The van der Waals surface area contributed by atoms with Gasteiger partial charge in [0.05, 0.1) is 0 Å². The van der Waals surface area contributed by atoms with E-state index in [0.717, 1.165) is 0 Å². The van der Waals surface area contributed by atoms with Crippen LogP contribution in [0.25, 0.3) is 0 Å².